The fraction of sp³-hybridized carbons (Fsp3) is 0.160. The molecule has 0 radical (unpaired) electrons. The van der Waals surface area contributed by atoms with E-state index >= 15 is 0 Å². The van der Waals surface area contributed by atoms with Crippen LogP contribution in [0.25, 0.3) is 11.3 Å². The molecule has 4 rings (SSSR count). The predicted molar refractivity (Wildman–Crippen MR) is 130 cm³/mol. The van der Waals surface area contributed by atoms with E-state index in [-0.39, 0.29) is 22.2 Å². The highest BCUT2D eigenvalue weighted by Crippen LogP contribution is 2.35. The van der Waals surface area contributed by atoms with Crippen LogP contribution < -0.4 is 14.2 Å². The number of carbonyl (C=O) groups excluding carboxylic acids is 1. The number of nitrogens with zero attached hydrogens (tertiary/aromatic N) is 2. The van der Waals surface area contributed by atoms with Crippen LogP contribution in [0.15, 0.2) is 59.8 Å². The minimum atomic E-state index is -4.24. The zero-order chi connectivity index (χ0) is 26.0. The fourth-order valence-corrected chi connectivity index (χ4v) is 4.65. The molecule has 0 aliphatic heterocycles. The lowest BCUT2D eigenvalue weighted by atomic mass is 10.1. The lowest BCUT2D eigenvalue weighted by molar-refractivity contribution is 0.0978. The molecule has 1 amide bonds. The van der Waals surface area contributed by atoms with Gasteiger partial charge in [0.25, 0.3) is 15.9 Å². The van der Waals surface area contributed by atoms with E-state index in [1.807, 2.05) is 37.6 Å². The Bertz CT molecular complexity index is 1530. The van der Waals surface area contributed by atoms with Gasteiger partial charge in [0.2, 0.25) is 5.88 Å². The van der Waals surface area contributed by atoms with Gasteiger partial charge < -0.3 is 9.47 Å². The van der Waals surface area contributed by atoms with Crippen molar-refractivity contribution in [3.63, 3.8) is 0 Å². The monoisotopic (exact) mass is 510 g/mol. The summed E-state index contributed by atoms with van der Waals surface area (Å²) in [6, 6.07) is 11.9. The van der Waals surface area contributed by atoms with Crippen LogP contribution in [0.1, 0.15) is 27.0 Å². The number of nitrogens with one attached hydrogen (secondary N) is 2. The van der Waals surface area contributed by atoms with Crippen LogP contribution in [0.5, 0.6) is 17.4 Å². The topological polar surface area (TPSA) is 123 Å². The number of carbonyl (C=O) groups is 1. The van der Waals surface area contributed by atoms with Gasteiger partial charge in [-0.25, -0.2) is 14.1 Å². The summed E-state index contributed by atoms with van der Waals surface area (Å²) in [5, 5.41) is 5.67. The van der Waals surface area contributed by atoms with Crippen LogP contribution in [0.4, 0.5) is 4.39 Å². The molecule has 2 aromatic heterocycles. The second-order valence-corrected chi connectivity index (χ2v) is 9.70. The molecule has 0 spiro atoms. The number of methoxy groups -OCH3 is 1. The zero-order valence-electron chi connectivity index (χ0n) is 19.9. The standard InChI is InChI=1S/C25H23FN4O5S/c1-14-11-15(2)23(16(3)12-14)35-25-19(24(31)30-36(32,33)22-9-10-27-29-22)7-8-20(28-25)18-6-5-17(26)13-21(18)34-4/h5-13H,1-4H3,(H,27,29)(H,30,31). The quantitative estimate of drug-likeness (QED) is 0.376. The van der Waals surface area contributed by atoms with E-state index in [9.17, 15) is 17.6 Å². The van der Waals surface area contributed by atoms with Crippen molar-refractivity contribution in [3.8, 4) is 28.6 Å². The van der Waals surface area contributed by atoms with E-state index in [1.165, 1.54) is 49.7 Å². The Morgan fingerprint density at radius 3 is 2.39 bits per heavy atom. The van der Waals surface area contributed by atoms with Gasteiger partial charge in [-0.3, -0.25) is 9.89 Å². The number of ether oxygens (including phenoxy) is 2. The molecule has 2 N–H and O–H groups in total. The van der Waals surface area contributed by atoms with Crippen molar-refractivity contribution in [3.05, 3.63) is 82.8 Å². The van der Waals surface area contributed by atoms with Crippen molar-refractivity contribution < 1.29 is 27.1 Å². The van der Waals surface area contributed by atoms with Crippen molar-refractivity contribution in [2.24, 2.45) is 0 Å². The van der Waals surface area contributed by atoms with Crippen molar-refractivity contribution in [2.75, 3.05) is 7.11 Å². The minimum Gasteiger partial charge on any atom is -0.496 e. The fourth-order valence-electron chi connectivity index (χ4n) is 3.77. The van der Waals surface area contributed by atoms with E-state index in [0.29, 0.717) is 17.0 Å². The first-order chi connectivity index (χ1) is 17.1. The van der Waals surface area contributed by atoms with Crippen molar-refractivity contribution in [1.29, 1.82) is 0 Å². The molecule has 0 saturated heterocycles. The van der Waals surface area contributed by atoms with E-state index in [0.717, 1.165) is 16.7 Å². The van der Waals surface area contributed by atoms with Crippen LogP contribution in [0.3, 0.4) is 0 Å². The number of rotatable bonds is 7. The maximum Gasteiger partial charge on any atom is 0.283 e. The third-order valence-electron chi connectivity index (χ3n) is 5.33. The minimum absolute atomic E-state index is 0.127. The molecule has 186 valence electrons. The van der Waals surface area contributed by atoms with Crippen molar-refractivity contribution >= 4 is 15.9 Å². The Kier molecular flexibility index (Phi) is 6.75. The molecule has 2 aromatic carbocycles. The lowest BCUT2D eigenvalue weighted by Gasteiger charge is -2.16. The number of halogens is 1. The smallest absolute Gasteiger partial charge is 0.283 e. The summed E-state index contributed by atoms with van der Waals surface area (Å²) < 4.78 is 52.3. The molecule has 9 nitrogen and oxygen atoms in total. The first-order valence-electron chi connectivity index (χ1n) is 10.8. The Hall–Kier alpha value is -4.25. The molecule has 2 heterocycles. The second-order valence-electron chi connectivity index (χ2n) is 8.07. The number of amides is 1. The first-order valence-corrected chi connectivity index (χ1v) is 12.2. The van der Waals surface area contributed by atoms with Gasteiger partial charge in [-0.1, -0.05) is 17.7 Å². The van der Waals surface area contributed by atoms with Crippen LogP contribution >= 0.6 is 0 Å². The number of aryl methyl sites for hydroxylation is 3. The van der Waals surface area contributed by atoms with E-state index < -0.39 is 21.7 Å². The van der Waals surface area contributed by atoms with Crippen LogP contribution in [-0.4, -0.2) is 36.6 Å². The second kappa shape index (κ2) is 9.78. The summed E-state index contributed by atoms with van der Waals surface area (Å²) in [5.41, 5.74) is 3.29. The van der Waals surface area contributed by atoms with E-state index in [4.69, 9.17) is 9.47 Å². The maximum atomic E-state index is 13.7. The Balaban J connectivity index is 1.82. The number of hydrogen-bond acceptors (Lipinski definition) is 7. The summed E-state index contributed by atoms with van der Waals surface area (Å²) in [6.07, 6.45) is 1.32. The molecular formula is C25H23FN4O5S. The summed E-state index contributed by atoms with van der Waals surface area (Å²) in [6.45, 7) is 5.65. The summed E-state index contributed by atoms with van der Waals surface area (Å²) in [5.74, 6) is -0.878. The first kappa shape index (κ1) is 24.9. The number of benzene rings is 2. The average molecular weight is 511 g/mol. The molecular weight excluding hydrogens is 487 g/mol. The van der Waals surface area contributed by atoms with Crippen LogP contribution in [0, 0.1) is 26.6 Å². The molecule has 11 heteroatoms. The van der Waals surface area contributed by atoms with Gasteiger partial charge in [-0.05, 0) is 62.2 Å². The molecule has 4 aromatic rings. The molecule has 36 heavy (non-hydrogen) atoms. The van der Waals surface area contributed by atoms with Gasteiger partial charge >= 0.3 is 0 Å². The van der Waals surface area contributed by atoms with E-state index in [1.54, 1.807) is 0 Å². The lowest BCUT2D eigenvalue weighted by Crippen LogP contribution is -2.31. The summed E-state index contributed by atoms with van der Waals surface area (Å²) in [7, 11) is -2.84. The van der Waals surface area contributed by atoms with Gasteiger partial charge in [0, 0.05) is 17.8 Å². The van der Waals surface area contributed by atoms with Crippen LogP contribution in [0.2, 0.25) is 0 Å². The van der Waals surface area contributed by atoms with Crippen LogP contribution in [-0.2, 0) is 10.0 Å². The number of H-pyrrole nitrogens is 1. The zero-order valence-corrected chi connectivity index (χ0v) is 20.7. The van der Waals surface area contributed by atoms with E-state index in [2.05, 4.69) is 15.2 Å². The number of sulfonamides is 1. The molecule has 0 bridgehead atoms. The highest BCUT2D eigenvalue weighted by molar-refractivity contribution is 7.90. The Labute approximate surface area is 207 Å². The van der Waals surface area contributed by atoms with Gasteiger partial charge in [-0.2, -0.15) is 13.5 Å². The van der Waals surface area contributed by atoms with Crippen molar-refractivity contribution in [1.82, 2.24) is 19.9 Å². The van der Waals surface area contributed by atoms with Gasteiger partial charge in [-0.15, -0.1) is 0 Å². The summed E-state index contributed by atoms with van der Waals surface area (Å²) >= 11 is 0. The van der Waals surface area contributed by atoms with Gasteiger partial charge in [0.1, 0.15) is 22.9 Å². The Morgan fingerprint density at radius 2 is 1.75 bits per heavy atom. The number of aromatic nitrogens is 3. The predicted octanol–water partition coefficient (Wildman–Crippen LogP) is 4.46. The molecule has 0 aliphatic rings. The average Bonchev–Trinajstić information content (AvgIpc) is 3.37. The highest BCUT2D eigenvalue weighted by atomic mass is 32.2. The van der Waals surface area contributed by atoms with Gasteiger partial charge in [0.05, 0.1) is 12.8 Å². The molecule has 0 atom stereocenters. The molecule has 0 saturated carbocycles. The largest absolute Gasteiger partial charge is 0.496 e. The summed E-state index contributed by atoms with van der Waals surface area (Å²) in [4.78, 5) is 17.6. The molecule has 0 aliphatic carbocycles. The number of aromatic amines is 1. The number of hydrogen-bond donors (Lipinski definition) is 2. The molecule has 0 unspecified atom stereocenters. The molecule has 0 fully saturated rings. The normalized spacial score (nSPS) is 11.2. The SMILES string of the molecule is COc1cc(F)ccc1-c1ccc(C(=O)NS(=O)(=O)c2cc[nH]n2)c(Oc2c(C)cc(C)cc2C)n1. The van der Waals surface area contributed by atoms with Gasteiger partial charge in [0.15, 0.2) is 5.03 Å². The maximum absolute atomic E-state index is 13.7. The third-order valence-corrected chi connectivity index (χ3v) is 6.56. The Morgan fingerprint density at radius 1 is 1.03 bits per heavy atom. The highest BCUT2D eigenvalue weighted by Gasteiger charge is 2.25. The third kappa shape index (κ3) is 5.05. The number of pyridine rings is 1. The van der Waals surface area contributed by atoms with Crippen molar-refractivity contribution in [2.45, 2.75) is 25.8 Å².